The third-order valence-corrected chi connectivity index (χ3v) is 7.26. The zero-order valence-corrected chi connectivity index (χ0v) is 20.3. The molecule has 0 N–H and O–H groups in total. The van der Waals surface area contributed by atoms with Crippen LogP contribution in [0.15, 0.2) is 41.6 Å². The lowest BCUT2D eigenvalue weighted by Crippen LogP contribution is -2.49. The van der Waals surface area contributed by atoms with E-state index in [9.17, 15) is 13.2 Å². The Morgan fingerprint density at radius 2 is 1.61 bits per heavy atom. The number of hydrogen-bond donors (Lipinski definition) is 0. The summed E-state index contributed by atoms with van der Waals surface area (Å²) in [5.74, 6) is 0.341. The molecule has 2 saturated heterocycles. The van der Waals surface area contributed by atoms with Crippen LogP contribution in [-0.2, 0) is 14.6 Å². The van der Waals surface area contributed by atoms with Gasteiger partial charge in [0.15, 0.2) is 9.84 Å². The predicted octanol–water partition coefficient (Wildman–Crippen LogP) is 4.10. The van der Waals surface area contributed by atoms with Crippen molar-refractivity contribution in [3.8, 4) is 17.1 Å². The van der Waals surface area contributed by atoms with Crippen molar-refractivity contribution >= 4 is 15.9 Å². The van der Waals surface area contributed by atoms with E-state index in [-0.39, 0.29) is 23.1 Å². The molecule has 0 radical (unpaired) electrons. The van der Waals surface area contributed by atoms with Crippen molar-refractivity contribution < 1.29 is 22.7 Å². The SMILES string of the molecule is CC(C)(C)OC(=O)N1C2CCC1CC(COc1ncc(-c3ccc(S(C)(=O)=O)cc3)cn1)C2. The molecule has 9 heteroatoms. The van der Waals surface area contributed by atoms with Gasteiger partial charge in [0.05, 0.1) is 11.5 Å². The number of carbonyl (C=O) groups is 1. The molecule has 8 nitrogen and oxygen atoms in total. The van der Waals surface area contributed by atoms with Crippen LogP contribution in [0.25, 0.3) is 11.1 Å². The minimum atomic E-state index is -3.23. The summed E-state index contributed by atoms with van der Waals surface area (Å²) in [6.45, 7) is 6.19. The molecule has 0 aliphatic carbocycles. The van der Waals surface area contributed by atoms with E-state index in [1.54, 1.807) is 36.7 Å². The molecule has 33 heavy (non-hydrogen) atoms. The van der Waals surface area contributed by atoms with Crippen molar-refractivity contribution in [1.82, 2.24) is 14.9 Å². The van der Waals surface area contributed by atoms with Gasteiger partial charge >= 0.3 is 12.1 Å². The van der Waals surface area contributed by atoms with Gasteiger partial charge in [-0.2, -0.15) is 0 Å². The van der Waals surface area contributed by atoms with Gasteiger partial charge in [0.25, 0.3) is 0 Å². The summed E-state index contributed by atoms with van der Waals surface area (Å²) in [6.07, 6.45) is 8.11. The van der Waals surface area contributed by atoms with Crippen LogP contribution in [-0.4, -0.2) is 59.9 Å². The summed E-state index contributed by atoms with van der Waals surface area (Å²) in [6, 6.07) is 7.34. The van der Waals surface area contributed by atoms with Crippen LogP contribution in [0.1, 0.15) is 46.5 Å². The van der Waals surface area contributed by atoms with Gasteiger partial charge < -0.3 is 14.4 Å². The van der Waals surface area contributed by atoms with Crippen molar-refractivity contribution in [2.45, 2.75) is 69.0 Å². The Labute approximate surface area is 195 Å². The summed E-state index contributed by atoms with van der Waals surface area (Å²) in [7, 11) is -3.23. The number of carbonyl (C=O) groups excluding carboxylic acids is 1. The Balaban J connectivity index is 1.32. The molecule has 2 aliphatic rings. The molecule has 2 fully saturated rings. The van der Waals surface area contributed by atoms with E-state index in [2.05, 4.69) is 9.97 Å². The van der Waals surface area contributed by atoms with Gasteiger partial charge in [0.2, 0.25) is 0 Å². The summed E-state index contributed by atoms with van der Waals surface area (Å²) < 4.78 is 34.7. The highest BCUT2D eigenvalue weighted by Crippen LogP contribution is 2.39. The number of sulfone groups is 1. The minimum Gasteiger partial charge on any atom is -0.463 e. The molecular formula is C24H31N3O5S. The standard InChI is InChI=1S/C24H31N3O5S/c1-24(2,3)32-23(28)27-19-7-8-20(27)12-16(11-19)15-31-22-25-13-18(14-26-22)17-5-9-21(10-6-17)33(4,29)30/h5-6,9-10,13-14,16,19-20H,7-8,11-12,15H2,1-4H3. The van der Waals surface area contributed by atoms with Gasteiger partial charge in [-0.3, -0.25) is 0 Å². The van der Waals surface area contributed by atoms with Crippen molar-refractivity contribution in [2.75, 3.05) is 12.9 Å². The zero-order chi connectivity index (χ0) is 23.8. The lowest BCUT2D eigenvalue weighted by Gasteiger charge is -2.39. The Morgan fingerprint density at radius 3 is 2.12 bits per heavy atom. The maximum absolute atomic E-state index is 12.6. The Morgan fingerprint density at radius 1 is 1.03 bits per heavy atom. The summed E-state index contributed by atoms with van der Waals surface area (Å²) >= 11 is 0. The highest BCUT2D eigenvalue weighted by molar-refractivity contribution is 7.90. The molecule has 0 saturated carbocycles. The summed E-state index contributed by atoms with van der Waals surface area (Å²) in [4.78, 5) is 23.4. The first-order valence-electron chi connectivity index (χ1n) is 11.3. The third kappa shape index (κ3) is 5.63. The molecule has 1 aromatic carbocycles. The van der Waals surface area contributed by atoms with Crippen LogP contribution in [0.3, 0.4) is 0 Å². The van der Waals surface area contributed by atoms with E-state index >= 15 is 0 Å². The quantitative estimate of drug-likeness (QED) is 0.644. The summed E-state index contributed by atoms with van der Waals surface area (Å²) in [5, 5.41) is 0. The third-order valence-electron chi connectivity index (χ3n) is 6.13. The first-order chi connectivity index (χ1) is 15.5. The average Bonchev–Trinajstić information content (AvgIpc) is 3.01. The highest BCUT2D eigenvalue weighted by atomic mass is 32.2. The van der Waals surface area contributed by atoms with Crippen molar-refractivity contribution in [3.05, 3.63) is 36.7 Å². The van der Waals surface area contributed by atoms with Gasteiger partial charge in [-0.05, 0) is 70.1 Å². The van der Waals surface area contributed by atoms with Gasteiger partial charge in [-0.15, -0.1) is 0 Å². The Kier molecular flexibility index (Phi) is 6.35. The number of amides is 1. The second-order valence-corrected chi connectivity index (χ2v) is 12.0. The van der Waals surface area contributed by atoms with Gasteiger partial charge in [-0.25, -0.2) is 23.2 Å². The highest BCUT2D eigenvalue weighted by Gasteiger charge is 2.44. The van der Waals surface area contributed by atoms with E-state index < -0.39 is 15.4 Å². The molecular weight excluding hydrogens is 442 g/mol. The van der Waals surface area contributed by atoms with Crippen molar-refractivity contribution in [1.29, 1.82) is 0 Å². The van der Waals surface area contributed by atoms with Crippen LogP contribution in [0, 0.1) is 5.92 Å². The fourth-order valence-electron chi connectivity index (χ4n) is 4.67. The number of aromatic nitrogens is 2. The Hall–Kier alpha value is -2.68. The smallest absolute Gasteiger partial charge is 0.410 e. The maximum atomic E-state index is 12.6. The number of fused-ring (bicyclic) bond motifs is 2. The topological polar surface area (TPSA) is 98.7 Å². The second kappa shape index (κ2) is 8.93. The van der Waals surface area contributed by atoms with E-state index in [1.165, 1.54) is 6.26 Å². The lowest BCUT2D eigenvalue weighted by molar-refractivity contribution is -0.00125. The van der Waals surface area contributed by atoms with E-state index in [4.69, 9.17) is 9.47 Å². The van der Waals surface area contributed by atoms with E-state index in [0.717, 1.165) is 36.8 Å². The number of ether oxygens (including phenoxy) is 2. The molecule has 2 atom stereocenters. The van der Waals surface area contributed by atoms with Gasteiger partial charge in [-0.1, -0.05) is 12.1 Å². The van der Waals surface area contributed by atoms with Crippen molar-refractivity contribution in [3.63, 3.8) is 0 Å². The number of hydrogen-bond acceptors (Lipinski definition) is 7. The van der Waals surface area contributed by atoms with Gasteiger partial charge in [0, 0.05) is 36.3 Å². The molecule has 2 aliphatic heterocycles. The Bertz CT molecular complexity index is 1080. The largest absolute Gasteiger partial charge is 0.463 e. The zero-order valence-electron chi connectivity index (χ0n) is 19.5. The fourth-order valence-corrected chi connectivity index (χ4v) is 5.30. The van der Waals surface area contributed by atoms with E-state index in [1.807, 2.05) is 25.7 Å². The van der Waals surface area contributed by atoms with Crippen LogP contribution in [0.4, 0.5) is 4.79 Å². The second-order valence-electron chi connectivity index (χ2n) is 9.97. The molecule has 1 aromatic heterocycles. The molecule has 1 amide bonds. The van der Waals surface area contributed by atoms with E-state index in [0.29, 0.717) is 18.5 Å². The van der Waals surface area contributed by atoms with Crippen LogP contribution >= 0.6 is 0 Å². The molecule has 178 valence electrons. The van der Waals surface area contributed by atoms with Crippen LogP contribution in [0.2, 0.25) is 0 Å². The van der Waals surface area contributed by atoms with Crippen molar-refractivity contribution in [2.24, 2.45) is 5.92 Å². The molecule has 0 spiro atoms. The minimum absolute atomic E-state index is 0.199. The lowest BCUT2D eigenvalue weighted by atomic mass is 9.92. The molecule has 2 unspecified atom stereocenters. The number of nitrogens with zero attached hydrogens (tertiary/aromatic N) is 3. The number of piperidine rings is 1. The molecule has 2 aromatic rings. The first-order valence-corrected chi connectivity index (χ1v) is 13.2. The van der Waals surface area contributed by atoms with Gasteiger partial charge in [0.1, 0.15) is 5.60 Å². The summed E-state index contributed by atoms with van der Waals surface area (Å²) in [5.41, 5.74) is 1.13. The number of rotatable bonds is 5. The monoisotopic (exact) mass is 473 g/mol. The predicted molar refractivity (Wildman–Crippen MR) is 124 cm³/mol. The average molecular weight is 474 g/mol. The van der Waals surface area contributed by atoms with Crippen LogP contribution in [0.5, 0.6) is 6.01 Å². The fraction of sp³-hybridized carbons (Fsp3) is 0.542. The normalized spacial score (nSPS) is 22.8. The molecule has 2 bridgehead atoms. The first kappa shape index (κ1) is 23.5. The maximum Gasteiger partial charge on any atom is 0.410 e. The number of benzene rings is 1. The molecule has 4 rings (SSSR count). The van der Waals surface area contributed by atoms with Crippen LogP contribution < -0.4 is 4.74 Å². The molecule has 3 heterocycles.